The number of nitrogens with zero attached hydrogens (tertiary/aromatic N) is 2. The molecule has 1 aliphatic heterocycles. The van der Waals surface area contributed by atoms with Gasteiger partial charge in [0, 0.05) is 23.1 Å². The minimum absolute atomic E-state index is 0.0483. The summed E-state index contributed by atoms with van der Waals surface area (Å²) in [4.78, 5) is 0. The van der Waals surface area contributed by atoms with Gasteiger partial charge in [-0.3, -0.25) is 0 Å². The van der Waals surface area contributed by atoms with Crippen LogP contribution in [0.1, 0.15) is 11.1 Å². The summed E-state index contributed by atoms with van der Waals surface area (Å²) in [5.41, 5.74) is 2.03. The van der Waals surface area contributed by atoms with E-state index >= 15 is 0 Å². The van der Waals surface area contributed by atoms with E-state index in [1.54, 1.807) is 17.4 Å². The second kappa shape index (κ2) is 5.13. The molecule has 1 N–H and O–H groups in total. The molecule has 1 aromatic carbocycles. The summed E-state index contributed by atoms with van der Waals surface area (Å²) in [6.07, 6.45) is -3.66. The average molecular weight is 335 g/mol. The number of hydrogen-bond donors (Lipinski definition) is 1. The van der Waals surface area contributed by atoms with Gasteiger partial charge in [-0.1, -0.05) is 12.1 Å². The molecule has 0 saturated carbocycles. The molecule has 0 radical (unpaired) electrons. The number of hydrogen-bond acceptors (Lipinski definition) is 3. The minimum Gasteiger partial charge on any atom is -0.369 e. The second-order valence-electron chi connectivity index (χ2n) is 5.29. The number of fused-ring (bicyclic) bond motifs is 1. The zero-order valence-corrected chi connectivity index (χ0v) is 12.7. The molecule has 0 atom stereocenters. The number of rotatable bonds is 2. The van der Waals surface area contributed by atoms with Gasteiger partial charge in [-0.25, -0.2) is 4.68 Å². The third-order valence-electron chi connectivity index (χ3n) is 3.88. The van der Waals surface area contributed by atoms with Crippen LogP contribution in [-0.4, -0.2) is 16.3 Å². The number of aromatic nitrogens is 2. The van der Waals surface area contributed by atoms with E-state index in [9.17, 15) is 13.2 Å². The van der Waals surface area contributed by atoms with Crippen molar-refractivity contribution in [1.29, 1.82) is 0 Å². The van der Waals surface area contributed by atoms with Gasteiger partial charge >= 0.3 is 6.18 Å². The Labute approximate surface area is 134 Å². The SMILES string of the molecule is FC(F)(F)c1ccccc1-n1nc(-c2ccsc2)c2c1NCC2. The predicted octanol–water partition coefficient (Wildman–Crippen LogP) is 4.59. The predicted molar refractivity (Wildman–Crippen MR) is 84.1 cm³/mol. The topological polar surface area (TPSA) is 29.9 Å². The molecule has 0 aliphatic carbocycles. The summed E-state index contributed by atoms with van der Waals surface area (Å²) >= 11 is 1.54. The molecule has 0 bridgehead atoms. The molecule has 0 fully saturated rings. The van der Waals surface area contributed by atoms with Crippen LogP contribution >= 0.6 is 11.3 Å². The third kappa shape index (κ3) is 2.31. The summed E-state index contributed by atoms with van der Waals surface area (Å²) in [5, 5.41) is 11.5. The van der Waals surface area contributed by atoms with E-state index in [-0.39, 0.29) is 5.69 Å². The molecule has 7 heteroatoms. The van der Waals surface area contributed by atoms with Gasteiger partial charge in [0.25, 0.3) is 0 Å². The first kappa shape index (κ1) is 14.3. The standard InChI is InChI=1S/C16H12F3N3S/c17-16(18,19)12-3-1-2-4-13(12)22-15-11(5-7-20-15)14(21-22)10-6-8-23-9-10/h1-4,6,8-9,20H,5,7H2. The molecule has 2 aromatic heterocycles. The van der Waals surface area contributed by atoms with Crippen LogP contribution in [0.15, 0.2) is 41.1 Å². The van der Waals surface area contributed by atoms with Crippen molar-refractivity contribution in [3.8, 4) is 16.9 Å². The van der Waals surface area contributed by atoms with E-state index in [0.717, 1.165) is 29.3 Å². The molecule has 3 heterocycles. The Balaban J connectivity index is 1.94. The lowest BCUT2D eigenvalue weighted by molar-refractivity contribution is -0.137. The highest BCUT2D eigenvalue weighted by Gasteiger charge is 2.35. The van der Waals surface area contributed by atoms with Gasteiger partial charge in [-0.05, 0) is 30.0 Å². The summed E-state index contributed by atoms with van der Waals surface area (Å²) in [7, 11) is 0. The smallest absolute Gasteiger partial charge is 0.369 e. The first-order valence-corrected chi connectivity index (χ1v) is 8.05. The molecule has 0 unspecified atom stereocenters. The van der Waals surface area contributed by atoms with Crippen molar-refractivity contribution >= 4 is 17.2 Å². The molecule has 3 nitrogen and oxygen atoms in total. The van der Waals surface area contributed by atoms with Gasteiger partial charge in [0.15, 0.2) is 0 Å². The van der Waals surface area contributed by atoms with Gasteiger partial charge in [0.1, 0.15) is 5.82 Å². The zero-order valence-electron chi connectivity index (χ0n) is 11.9. The Morgan fingerprint density at radius 2 is 2.00 bits per heavy atom. The van der Waals surface area contributed by atoms with Gasteiger partial charge < -0.3 is 5.32 Å². The van der Waals surface area contributed by atoms with E-state index in [4.69, 9.17) is 0 Å². The van der Waals surface area contributed by atoms with Crippen LogP contribution in [-0.2, 0) is 12.6 Å². The van der Waals surface area contributed by atoms with Crippen LogP contribution in [0.4, 0.5) is 19.0 Å². The second-order valence-corrected chi connectivity index (χ2v) is 6.07. The lowest BCUT2D eigenvalue weighted by atomic mass is 10.1. The Morgan fingerprint density at radius 1 is 1.17 bits per heavy atom. The van der Waals surface area contributed by atoms with Crippen molar-refractivity contribution in [2.75, 3.05) is 11.9 Å². The average Bonchev–Trinajstić information content (AvgIpc) is 3.23. The van der Waals surface area contributed by atoms with Crippen molar-refractivity contribution in [1.82, 2.24) is 9.78 Å². The van der Waals surface area contributed by atoms with Crippen LogP contribution in [0, 0.1) is 0 Å². The summed E-state index contributed by atoms with van der Waals surface area (Å²) in [6.45, 7) is 0.707. The van der Waals surface area contributed by atoms with Crippen LogP contribution in [0.5, 0.6) is 0 Å². The molecule has 23 heavy (non-hydrogen) atoms. The van der Waals surface area contributed by atoms with Crippen molar-refractivity contribution in [3.05, 3.63) is 52.2 Å². The molecule has 1 aliphatic rings. The number of benzene rings is 1. The zero-order chi connectivity index (χ0) is 16.0. The molecule has 0 spiro atoms. The number of thiophene rings is 1. The van der Waals surface area contributed by atoms with Crippen molar-refractivity contribution in [3.63, 3.8) is 0 Å². The first-order chi connectivity index (χ1) is 11.1. The summed E-state index contributed by atoms with van der Waals surface area (Å²) in [6, 6.07) is 7.46. The monoisotopic (exact) mass is 335 g/mol. The molecular weight excluding hydrogens is 323 g/mol. The maximum absolute atomic E-state index is 13.3. The quantitative estimate of drug-likeness (QED) is 0.742. The third-order valence-corrected chi connectivity index (χ3v) is 4.57. The van der Waals surface area contributed by atoms with Gasteiger partial charge in [0.2, 0.25) is 0 Å². The fourth-order valence-electron chi connectivity index (χ4n) is 2.88. The number of halogens is 3. The fourth-order valence-corrected chi connectivity index (χ4v) is 3.52. The lowest BCUT2D eigenvalue weighted by Crippen LogP contribution is -2.13. The van der Waals surface area contributed by atoms with Gasteiger partial charge in [0.05, 0.1) is 16.9 Å². The molecule has 0 saturated heterocycles. The van der Waals surface area contributed by atoms with E-state index in [1.165, 1.54) is 16.8 Å². The largest absolute Gasteiger partial charge is 0.418 e. The van der Waals surface area contributed by atoms with E-state index in [0.29, 0.717) is 12.4 Å². The highest BCUT2D eigenvalue weighted by molar-refractivity contribution is 7.08. The summed E-state index contributed by atoms with van der Waals surface area (Å²) < 4.78 is 41.3. The molecular formula is C16H12F3N3S. The molecule has 3 aromatic rings. The summed E-state index contributed by atoms with van der Waals surface area (Å²) in [5.74, 6) is 0.655. The Bertz CT molecular complexity index is 850. The highest BCUT2D eigenvalue weighted by Crippen LogP contribution is 2.39. The minimum atomic E-state index is -4.42. The van der Waals surface area contributed by atoms with Gasteiger partial charge in [-0.15, -0.1) is 0 Å². The molecule has 4 rings (SSSR count). The van der Waals surface area contributed by atoms with Crippen LogP contribution < -0.4 is 5.32 Å². The van der Waals surface area contributed by atoms with E-state index in [1.807, 2.05) is 16.8 Å². The Kier molecular flexibility index (Phi) is 3.19. The highest BCUT2D eigenvalue weighted by atomic mass is 32.1. The number of nitrogens with one attached hydrogen (secondary N) is 1. The van der Waals surface area contributed by atoms with Crippen molar-refractivity contribution in [2.45, 2.75) is 12.6 Å². The van der Waals surface area contributed by atoms with E-state index < -0.39 is 11.7 Å². The Morgan fingerprint density at radius 3 is 2.74 bits per heavy atom. The van der Waals surface area contributed by atoms with Crippen molar-refractivity contribution < 1.29 is 13.2 Å². The van der Waals surface area contributed by atoms with E-state index in [2.05, 4.69) is 10.4 Å². The number of alkyl halides is 3. The van der Waals surface area contributed by atoms with Crippen molar-refractivity contribution in [2.24, 2.45) is 0 Å². The van der Waals surface area contributed by atoms with Crippen LogP contribution in [0.3, 0.4) is 0 Å². The fraction of sp³-hybridized carbons (Fsp3) is 0.188. The first-order valence-electron chi connectivity index (χ1n) is 7.10. The normalized spacial score (nSPS) is 13.9. The maximum Gasteiger partial charge on any atom is 0.418 e. The molecule has 0 amide bonds. The van der Waals surface area contributed by atoms with Crippen LogP contribution in [0.2, 0.25) is 0 Å². The van der Waals surface area contributed by atoms with Crippen LogP contribution in [0.25, 0.3) is 16.9 Å². The maximum atomic E-state index is 13.3. The lowest BCUT2D eigenvalue weighted by Gasteiger charge is -2.14. The van der Waals surface area contributed by atoms with Gasteiger partial charge in [-0.2, -0.15) is 29.6 Å². The Hall–Kier alpha value is -2.28. The number of para-hydroxylation sites is 1. The molecule has 118 valence electrons. The number of anilines is 1.